The van der Waals surface area contributed by atoms with E-state index in [4.69, 9.17) is 4.74 Å². The van der Waals surface area contributed by atoms with Gasteiger partial charge in [-0.2, -0.15) is 0 Å². The van der Waals surface area contributed by atoms with Gasteiger partial charge in [-0.15, -0.1) is 0 Å². The van der Waals surface area contributed by atoms with Gasteiger partial charge in [-0.05, 0) is 23.6 Å². The van der Waals surface area contributed by atoms with Crippen LogP contribution in [0.3, 0.4) is 0 Å². The number of aliphatic carboxylic acids is 1. The van der Waals surface area contributed by atoms with Gasteiger partial charge in [0.1, 0.15) is 5.75 Å². The summed E-state index contributed by atoms with van der Waals surface area (Å²) in [6, 6.07) is 7.33. The highest BCUT2D eigenvalue weighted by atomic mass is 32.2. The summed E-state index contributed by atoms with van der Waals surface area (Å²) in [4.78, 5) is 22.3. The number of hydrogen-bond acceptors (Lipinski definition) is 4. The zero-order valence-corrected chi connectivity index (χ0v) is 12.1. The fourth-order valence-electron chi connectivity index (χ4n) is 1.78. The summed E-state index contributed by atoms with van der Waals surface area (Å²) in [5.41, 5.74) is 0.928. The first-order valence-electron chi connectivity index (χ1n) is 5.95. The first-order valence-corrected chi connectivity index (χ1v) is 6.94. The van der Waals surface area contributed by atoms with Crippen molar-refractivity contribution in [3.63, 3.8) is 0 Å². The molecule has 0 unspecified atom stereocenters. The maximum absolute atomic E-state index is 11.3. The van der Waals surface area contributed by atoms with Gasteiger partial charge in [-0.3, -0.25) is 9.59 Å². The number of carboxylic acids is 1. The van der Waals surface area contributed by atoms with E-state index in [0.29, 0.717) is 0 Å². The lowest BCUT2D eigenvalue weighted by molar-refractivity contribution is -0.141. The molecule has 1 N–H and O–H groups in total. The van der Waals surface area contributed by atoms with Crippen LogP contribution in [0, 0.1) is 5.92 Å². The second-order valence-electron chi connectivity index (χ2n) is 4.31. The van der Waals surface area contributed by atoms with E-state index in [9.17, 15) is 14.7 Å². The standard InChI is InChI=1S/C14H18O4S/c1-9(11-4-6-12(18-3)7-5-11)13(14(16)17)8-19-10(2)15/h4-7,9,13H,8H2,1-3H3,(H,16,17)/t9-,13-/m1/s1. The van der Waals surface area contributed by atoms with Crippen LogP contribution in [-0.2, 0) is 9.59 Å². The minimum atomic E-state index is -0.878. The SMILES string of the molecule is COc1ccc([C@@H](C)[C@@H](CSC(C)=O)C(=O)O)cc1. The molecule has 0 aliphatic rings. The summed E-state index contributed by atoms with van der Waals surface area (Å²) in [5.74, 6) is -0.590. The van der Waals surface area contributed by atoms with Crippen LogP contribution in [0.15, 0.2) is 24.3 Å². The molecular weight excluding hydrogens is 264 g/mol. The molecule has 0 spiro atoms. The molecule has 0 bridgehead atoms. The smallest absolute Gasteiger partial charge is 0.307 e. The van der Waals surface area contributed by atoms with Gasteiger partial charge >= 0.3 is 5.97 Å². The average Bonchev–Trinajstić information content (AvgIpc) is 2.38. The quantitative estimate of drug-likeness (QED) is 0.869. The third kappa shape index (κ3) is 4.59. The maximum atomic E-state index is 11.3. The minimum Gasteiger partial charge on any atom is -0.497 e. The van der Waals surface area contributed by atoms with Gasteiger partial charge in [0.15, 0.2) is 5.12 Å². The summed E-state index contributed by atoms with van der Waals surface area (Å²) in [5, 5.41) is 9.21. The van der Waals surface area contributed by atoms with Crippen molar-refractivity contribution in [3.8, 4) is 5.75 Å². The summed E-state index contributed by atoms with van der Waals surface area (Å²) < 4.78 is 5.07. The number of methoxy groups -OCH3 is 1. The van der Waals surface area contributed by atoms with Crippen LogP contribution in [-0.4, -0.2) is 29.1 Å². The molecule has 0 radical (unpaired) electrons. The minimum absolute atomic E-state index is 0.0619. The number of ether oxygens (including phenoxy) is 1. The molecule has 0 saturated carbocycles. The number of carbonyl (C=O) groups excluding carboxylic acids is 1. The van der Waals surface area contributed by atoms with E-state index in [1.54, 1.807) is 7.11 Å². The van der Waals surface area contributed by atoms with E-state index in [-0.39, 0.29) is 16.8 Å². The molecule has 1 rings (SSSR count). The molecule has 5 heteroatoms. The van der Waals surface area contributed by atoms with E-state index in [1.807, 2.05) is 31.2 Å². The van der Waals surface area contributed by atoms with Gasteiger partial charge in [-0.1, -0.05) is 30.8 Å². The van der Waals surface area contributed by atoms with Crippen LogP contribution < -0.4 is 4.74 Å². The number of rotatable bonds is 6. The Morgan fingerprint density at radius 2 is 1.89 bits per heavy atom. The number of hydrogen-bond donors (Lipinski definition) is 1. The Hall–Kier alpha value is -1.49. The number of carbonyl (C=O) groups is 2. The summed E-state index contributed by atoms with van der Waals surface area (Å²) in [7, 11) is 1.59. The van der Waals surface area contributed by atoms with E-state index in [0.717, 1.165) is 23.1 Å². The maximum Gasteiger partial charge on any atom is 0.307 e. The van der Waals surface area contributed by atoms with Crippen molar-refractivity contribution in [1.29, 1.82) is 0 Å². The van der Waals surface area contributed by atoms with E-state index in [1.165, 1.54) is 6.92 Å². The molecule has 1 aromatic rings. The molecule has 0 aromatic heterocycles. The topological polar surface area (TPSA) is 63.6 Å². The Kier molecular flexibility index (Phi) is 5.89. The molecule has 0 saturated heterocycles. The highest BCUT2D eigenvalue weighted by molar-refractivity contribution is 8.13. The van der Waals surface area contributed by atoms with Crippen LogP contribution in [0.2, 0.25) is 0 Å². The lowest BCUT2D eigenvalue weighted by atomic mass is 9.89. The van der Waals surface area contributed by atoms with Crippen LogP contribution >= 0.6 is 11.8 Å². The van der Waals surface area contributed by atoms with Crippen LogP contribution in [0.1, 0.15) is 25.3 Å². The first kappa shape index (κ1) is 15.6. The second-order valence-corrected chi connectivity index (χ2v) is 5.51. The molecule has 4 nitrogen and oxygen atoms in total. The third-order valence-electron chi connectivity index (χ3n) is 3.03. The molecule has 2 atom stereocenters. The zero-order valence-electron chi connectivity index (χ0n) is 11.3. The normalized spacial score (nSPS) is 13.6. The number of benzene rings is 1. The molecular formula is C14H18O4S. The Bertz CT molecular complexity index is 441. The van der Waals surface area contributed by atoms with Crippen molar-refractivity contribution < 1.29 is 19.4 Å². The van der Waals surface area contributed by atoms with Crippen LogP contribution in [0.5, 0.6) is 5.75 Å². The highest BCUT2D eigenvalue weighted by Crippen LogP contribution is 2.29. The Labute approximate surface area is 117 Å². The van der Waals surface area contributed by atoms with Gasteiger partial charge in [0.2, 0.25) is 0 Å². The van der Waals surface area contributed by atoms with Gasteiger partial charge in [0.05, 0.1) is 13.0 Å². The van der Waals surface area contributed by atoms with E-state index in [2.05, 4.69) is 0 Å². The molecule has 104 valence electrons. The zero-order chi connectivity index (χ0) is 14.4. The van der Waals surface area contributed by atoms with Gasteiger partial charge in [0, 0.05) is 12.7 Å². The fraction of sp³-hybridized carbons (Fsp3) is 0.429. The van der Waals surface area contributed by atoms with E-state index >= 15 is 0 Å². The fourth-order valence-corrected chi connectivity index (χ4v) is 2.62. The Balaban J connectivity index is 2.82. The monoisotopic (exact) mass is 282 g/mol. The predicted molar refractivity (Wildman–Crippen MR) is 75.7 cm³/mol. The largest absolute Gasteiger partial charge is 0.497 e. The van der Waals surface area contributed by atoms with Crippen molar-refractivity contribution in [2.24, 2.45) is 5.92 Å². The van der Waals surface area contributed by atoms with Crippen molar-refractivity contribution in [2.75, 3.05) is 12.9 Å². The molecule has 19 heavy (non-hydrogen) atoms. The van der Waals surface area contributed by atoms with Gasteiger partial charge in [-0.25, -0.2) is 0 Å². The molecule has 0 aliphatic heterocycles. The van der Waals surface area contributed by atoms with Crippen molar-refractivity contribution >= 4 is 22.8 Å². The van der Waals surface area contributed by atoms with Crippen LogP contribution in [0.4, 0.5) is 0 Å². The van der Waals surface area contributed by atoms with Gasteiger partial charge in [0.25, 0.3) is 0 Å². The van der Waals surface area contributed by atoms with Crippen LogP contribution in [0.25, 0.3) is 0 Å². The molecule has 1 aromatic carbocycles. The molecule has 0 heterocycles. The predicted octanol–water partition coefficient (Wildman–Crippen LogP) is 2.78. The Morgan fingerprint density at radius 3 is 2.32 bits per heavy atom. The number of carboxylic acid groups (broad SMARTS) is 1. The summed E-state index contributed by atoms with van der Waals surface area (Å²) in [6.07, 6.45) is 0. The number of thioether (sulfide) groups is 1. The summed E-state index contributed by atoms with van der Waals surface area (Å²) >= 11 is 1.05. The Morgan fingerprint density at radius 1 is 1.32 bits per heavy atom. The average molecular weight is 282 g/mol. The third-order valence-corrected chi connectivity index (χ3v) is 3.96. The molecule has 0 amide bonds. The lowest BCUT2D eigenvalue weighted by Crippen LogP contribution is -2.23. The summed E-state index contributed by atoms with van der Waals surface area (Å²) in [6.45, 7) is 3.31. The van der Waals surface area contributed by atoms with E-state index < -0.39 is 11.9 Å². The lowest BCUT2D eigenvalue weighted by Gasteiger charge is -2.20. The second kappa shape index (κ2) is 7.19. The van der Waals surface area contributed by atoms with Crippen molar-refractivity contribution in [1.82, 2.24) is 0 Å². The highest BCUT2D eigenvalue weighted by Gasteiger charge is 2.26. The molecule has 0 aliphatic carbocycles. The van der Waals surface area contributed by atoms with Crippen molar-refractivity contribution in [3.05, 3.63) is 29.8 Å². The van der Waals surface area contributed by atoms with Crippen molar-refractivity contribution in [2.45, 2.75) is 19.8 Å². The molecule has 0 fully saturated rings. The first-order chi connectivity index (χ1) is 8.95. The van der Waals surface area contributed by atoms with Gasteiger partial charge < -0.3 is 9.84 Å².